The molecule has 0 bridgehead atoms. The number of fused-ring (bicyclic) bond motifs is 6. The van der Waals surface area contributed by atoms with Crippen LogP contribution in [0.25, 0.3) is 44.5 Å². The van der Waals surface area contributed by atoms with Crippen molar-refractivity contribution < 1.29 is 0 Å². The van der Waals surface area contributed by atoms with Crippen molar-refractivity contribution in [1.29, 1.82) is 0 Å². The Bertz CT molecular complexity index is 2580. The Balaban J connectivity index is 1.12. The van der Waals surface area contributed by atoms with Gasteiger partial charge in [-0.1, -0.05) is 142 Å². The number of anilines is 1. The molecule has 0 radical (unpaired) electrons. The Labute approximate surface area is 313 Å². The minimum absolute atomic E-state index is 0.00593. The lowest BCUT2D eigenvalue weighted by atomic mass is 9.82. The topological polar surface area (TPSA) is 8.17 Å². The highest BCUT2D eigenvalue weighted by Gasteiger charge is 2.35. The molecule has 10 rings (SSSR count). The molecule has 2 nitrogen and oxygen atoms in total. The lowest BCUT2D eigenvalue weighted by molar-refractivity contribution is 0.660. The SMILES string of the molecule is C[C@@H]1C=C(N(C2=CCCc3c2c2ccccc2n3-c2ccccc2)c2ccc(-c3ccc4c(c3)-c3ccccc3C4(C)C)cc2)C=CC2=C1CCC=C2. The molecule has 4 aliphatic carbocycles. The van der Waals surface area contributed by atoms with Crippen LogP contribution in [-0.2, 0) is 11.8 Å². The van der Waals surface area contributed by atoms with Crippen molar-refractivity contribution in [1.82, 2.24) is 4.57 Å². The number of para-hydroxylation sites is 2. The van der Waals surface area contributed by atoms with Gasteiger partial charge in [0.05, 0.1) is 11.2 Å². The number of rotatable bonds is 5. The van der Waals surface area contributed by atoms with Crippen molar-refractivity contribution in [3.63, 3.8) is 0 Å². The van der Waals surface area contributed by atoms with Crippen molar-refractivity contribution in [2.45, 2.75) is 51.9 Å². The standard InChI is InChI=1S/C51H44N2/c1-34-32-40(30-26-36-14-7-8-17-41(34)36)52(48-22-13-23-49-50(48)43-19-10-12-21-47(43)53(49)38-15-5-4-6-16-38)39-28-24-35(25-29-39)37-27-31-46-44(33-37)42-18-9-11-20-45(42)51(46,2)3/h4-7,9-12,14-16,18-22,24-34H,8,13,17,23H2,1-3H3/t34-/m1/s1. The van der Waals surface area contributed by atoms with Crippen LogP contribution in [0.2, 0.25) is 0 Å². The molecule has 1 aromatic heterocycles. The maximum Gasteiger partial charge on any atom is 0.0538 e. The third-order valence-electron chi connectivity index (χ3n) is 12.2. The van der Waals surface area contributed by atoms with Crippen LogP contribution in [0.15, 0.2) is 175 Å². The van der Waals surface area contributed by atoms with Crippen molar-refractivity contribution >= 4 is 22.3 Å². The summed E-state index contributed by atoms with van der Waals surface area (Å²) in [6.07, 6.45) is 18.5. The number of allylic oxidation sites excluding steroid dienone is 8. The molecule has 1 heterocycles. The van der Waals surface area contributed by atoms with E-state index in [0.717, 1.165) is 25.7 Å². The molecule has 2 heteroatoms. The first-order chi connectivity index (χ1) is 26.0. The fourth-order valence-electron chi connectivity index (χ4n) is 9.56. The maximum atomic E-state index is 2.54. The number of hydrogen-bond acceptors (Lipinski definition) is 1. The molecule has 0 saturated carbocycles. The van der Waals surface area contributed by atoms with E-state index in [-0.39, 0.29) is 5.41 Å². The molecule has 1 atom stereocenters. The van der Waals surface area contributed by atoms with Crippen molar-refractivity contribution in [2.24, 2.45) is 5.92 Å². The van der Waals surface area contributed by atoms with E-state index in [1.165, 1.54) is 89.5 Å². The second kappa shape index (κ2) is 12.4. The summed E-state index contributed by atoms with van der Waals surface area (Å²) < 4.78 is 2.50. The van der Waals surface area contributed by atoms with E-state index in [9.17, 15) is 0 Å². The van der Waals surface area contributed by atoms with Crippen LogP contribution in [0, 0.1) is 5.92 Å². The molecule has 0 unspecified atom stereocenters. The molecular weight excluding hydrogens is 641 g/mol. The van der Waals surface area contributed by atoms with E-state index in [1.54, 1.807) is 0 Å². The first kappa shape index (κ1) is 31.8. The first-order valence-corrected chi connectivity index (χ1v) is 19.3. The fourth-order valence-corrected chi connectivity index (χ4v) is 9.56. The van der Waals surface area contributed by atoms with Gasteiger partial charge in [-0.2, -0.15) is 0 Å². The molecular formula is C51H44N2. The molecule has 0 saturated heterocycles. The average molecular weight is 685 g/mol. The summed E-state index contributed by atoms with van der Waals surface area (Å²) in [6, 6.07) is 45.2. The minimum Gasteiger partial charge on any atom is -0.313 e. The summed E-state index contributed by atoms with van der Waals surface area (Å²) in [5.74, 6) is 0.342. The van der Waals surface area contributed by atoms with Gasteiger partial charge in [0.25, 0.3) is 0 Å². The van der Waals surface area contributed by atoms with E-state index in [2.05, 4.69) is 188 Å². The van der Waals surface area contributed by atoms with Crippen molar-refractivity contribution in [2.75, 3.05) is 4.90 Å². The van der Waals surface area contributed by atoms with E-state index < -0.39 is 0 Å². The molecule has 0 N–H and O–H groups in total. The van der Waals surface area contributed by atoms with Crippen LogP contribution >= 0.6 is 0 Å². The van der Waals surface area contributed by atoms with E-state index in [0.29, 0.717) is 5.92 Å². The van der Waals surface area contributed by atoms with Gasteiger partial charge in [-0.15, -0.1) is 0 Å². The van der Waals surface area contributed by atoms with Gasteiger partial charge in [0.1, 0.15) is 0 Å². The van der Waals surface area contributed by atoms with Crippen LogP contribution < -0.4 is 4.90 Å². The van der Waals surface area contributed by atoms with Gasteiger partial charge in [-0.25, -0.2) is 0 Å². The van der Waals surface area contributed by atoms with Gasteiger partial charge < -0.3 is 9.47 Å². The predicted molar refractivity (Wildman–Crippen MR) is 223 cm³/mol. The maximum absolute atomic E-state index is 2.54. The lowest BCUT2D eigenvalue weighted by Gasteiger charge is -2.32. The Kier molecular flexibility index (Phi) is 7.44. The molecule has 0 amide bonds. The second-order valence-electron chi connectivity index (χ2n) is 15.6. The largest absolute Gasteiger partial charge is 0.313 e. The quantitative estimate of drug-likeness (QED) is 0.175. The van der Waals surface area contributed by atoms with Crippen molar-refractivity contribution in [3.05, 3.63) is 197 Å². The summed E-state index contributed by atoms with van der Waals surface area (Å²) in [5, 5.41) is 1.30. The Morgan fingerprint density at radius 1 is 0.679 bits per heavy atom. The molecule has 258 valence electrons. The zero-order chi connectivity index (χ0) is 35.7. The lowest BCUT2D eigenvalue weighted by Crippen LogP contribution is -2.23. The van der Waals surface area contributed by atoms with Crippen LogP contribution in [0.4, 0.5) is 5.69 Å². The molecule has 0 fully saturated rings. The van der Waals surface area contributed by atoms with Crippen LogP contribution in [-0.4, -0.2) is 4.57 Å². The van der Waals surface area contributed by atoms with E-state index in [1.807, 2.05) is 0 Å². The number of nitrogens with zero attached hydrogens (tertiary/aromatic N) is 2. The Morgan fingerprint density at radius 2 is 1.43 bits per heavy atom. The number of benzene rings is 5. The summed E-state index contributed by atoms with van der Waals surface area (Å²) in [4.78, 5) is 2.54. The van der Waals surface area contributed by atoms with Crippen LogP contribution in [0.3, 0.4) is 0 Å². The molecule has 0 spiro atoms. The highest BCUT2D eigenvalue weighted by molar-refractivity contribution is 6.01. The van der Waals surface area contributed by atoms with Crippen LogP contribution in [0.1, 0.15) is 62.4 Å². The predicted octanol–water partition coefficient (Wildman–Crippen LogP) is 13.1. The molecule has 5 aromatic carbocycles. The summed E-state index contributed by atoms with van der Waals surface area (Å²) in [5.41, 5.74) is 19.8. The third kappa shape index (κ3) is 5.07. The van der Waals surface area contributed by atoms with Gasteiger partial charge in [-0.3, -0.25) is 0 Å². The van der Waals surface area contributed by atoms with E-state index in [4.69, 9.17) is 0 Å². The molecule has 53 heavy (non-hydrogen) atoms. The summed E-state index contributed by atoms with van der Waals surface area (Å²) in [6.45, 7) is 7.07. The second-order valence-corrected chi connectivity index (χ2v) is 15.6. The highest BCUT2D eigenvalue weighted by Crippen LogP contribution is 2.50. The first-order valence-electron chi connectivity index (χ1n) is 19.3. The molecule has 4 aliphatic rings. The Hall–Kier alpha value is -5.86. The number of aromatic nitrogens is 1. The smallest absolute Gasteiger partial charge is 0.0538 e. The minimum atomic E-state index is 0.00593. The Morgan fingerprint density at radius 3 is 2.30 bits per heavy atom. The van der Waals surface area contributed by atoms with Gasteiger partial charge in [0.2, 0.25) is 0 Å². The fraction of sp³-hybridized carbons (Fsp3) is 0.176. The van der Waals surface area contributed by atoms with Gasteiger partial charge in [0.15, 0.2) is 0 Å². The molecule has 0 aliphatic heterocycles. The van der Waals surface area contributed by atoms with Gasteiger partial charge in [-0.05, 0) is 113 Å². The van der Waals surface area contributed by atoms with Gasteiger partial charge in [0, 0.05) is 39.1 Å². The highest BCUT2D eigenvalue weighted by atomic mass is 15.2. The monoisotopic (exact) mass is 684 g/mol. The zero-order valence-electron chi connectivity index (χ0n) is 30.8. The van der Waals surface area contributed by atoms with Crippen LogP contribution in [0.5, 0.6) is 0 Å². The summed E-state index contributed by atoms with van der Waals surface area (Å²) >= 11 is 0. The molecule has 6 aromatic rings. The normalized spacial score (nSPS) is 18.1. The number of hydrogen-bond donors (Lipinski definition) is 0. The van der Waals surface area contributed by atoms with Crippen molar-refractivity contribution in [3.8, 4) is 27.9 Å². The van der Waals surface area contributed by atoms with E-state index >= 15 is 0 Å². The average Bonchev–Trinajstić information content (AvgIpc) is 3.59. The summed E-state index contributed by atoms with van der Waals surface area (Å²) in [7, 11) is 0. The van der Waals surface area contributed by atoms with Gasteiger partial charge >= 0.3 is 0 Å². The third-order valence-corrected chi connectivity index (χ3v) is 12.2. The zero-order valence-corrected chi connectivity index (χ0v) is 30.8.